The maximum Gasteiger partial charge on any atom is 0.226 e. The molecule has 3 rings (SSSR count). The molecule has 1 aromatic heterocycles. The minimum absolute atomic E-state index is 0.590. The molecule has 0 aliphatic heterocycles. The molecule has 0 aliphatic rings. The number of rotatable bonds is 6. The highest BCUT2D eigenvalue weighted by molar-refractivity contribution is 5.53. The highest BCUT2D eigenvalue weighted by atomic mass is 16.5. The first-order valence-electron chi connectivity index (χ1n) is 7.99. The van der Waals surface area contributed by atoms with Crippen molar-refractivity contribution in [3.63, 3.8) is 0 Å². The third kappa shape index (κ3) is 3.81. The molecule has 0 unspecified atom stereocenters. The van der Waals surface area contributed by atoms with E-state index in [4.69, 9.17) is 9.15 Å². The summed E-state index contributed by atoms with van der Waals surface area (Å²) in [6, 6.07) is 18.2. The predicted molar refractivity (Wildman–Crippen MR) is 91.7 cm³/mol. The van der Waals surface area contributed by atoms with Crippen LogP contribution in [-0.4, -0.2) is 11.6 Å². The van der Waals surface area contributed by atoms with Gasteiger partial charge in [-0.1, -0.05) is 37.3 Å². The van der Waals surface area contributed by atoms with Crippen molar-refractivity contribution in [2.45, 2.75) is 26.7 Å². The topological polar surface area (TPSA) is 35.3 Å². The zero-order valence-electron chi connectivity index (χ0n) is 13.6. The maximum absolute atomic E-state index is 5.80. The second kappa shape index (κ2) is 7.14. The molecule has 0 radical (unpaired) electrons. The zero-order chi connectivity index (χ0) is 16.1. The van der Waals surface area contributed by atoms with Gasteiger partial charge in [-0.3, -0.25) is 0 Å². The second-order valence-corrected chi connectivity index (χ2v) is 5.48. The normalized spacial score (nSPS) is 10.7. The zero-order valence-corrected chi connectivity index (χ0v) is 13.6. The van der Waals surface area contributed by atoms with Gasteiger partial charge in [0, 0.05) is 12.0 Å². The van der Waals surface area contributed by atoms with Gasteiger partial charge in [-0.2, -0.15) is 0 Å². The lowest BCUT2D eigenvalue weighted by Gasteiger charge is -2.05. The van der Waals surface area contributed by atoms with Crippen LogP contribution in [0.1, 0.15) is 23.9 Å². The number of ether oxygens (including phenoxy) is 1. The maximum atomic E-state index is 5.80. The average Bonchev–Trinajstić information content (AvgIpc) is 2.97. The van der Waals surface area contributed by atoms with Crippen LogP contribution in [0, 0.1) is 6.92 Å². The van der Waals surface area contributed by atoms with Crippen LogP contribution < -0.4 is 4.74 Å². The Hall–Kier alpha value is -2.55. The van der Waals surface area contributed by atoms with Gasteiger partial charge in [0.2, 0.25) is 5.89 Å². The average molecular weight is 307 g/mol. The molecule has 23 heavy (non-hydrogen) atoms. The van der Waals surface area contributed by atoms with E-state index in [9.17, 15) is 0 Å². The van der Waals surface area contributed by atoms with Crippen LogP contribution in [0.25, 0.3) is 11.5 Å². The summed E-state index contributed by atoms with van der Waals surface area (Å²) in [6.45, 7) is 4.69. The molecule has 0 aliphatic carbocycles. The molecule has 0 bridgehead atoms. The van der Waals surface area contributed by atoms with Gasteiger partial charge < -0.3 is 9.15 Å². The van der Waals surface area contributed by atoms with Gasteiger partial charge in [-0.05, 0) is 43.2 Å². The highest BCUT2D eigenvalue weighted by Gasteiger charge is 2.11. The van der Waals surface area contributed by atoms with Gasteiger partial charge in [0.15, 0.2) is 0 Å². The van der Waals surface area contributed by atoms with Crippen molar-refractivity contribution >= 4 is 0 Å². The van der Waals surface area contributed by atoms with Crippen LogP contribution in [0.2, 0.25) is 0 Å². The molecule has 3 nitrogen and oxygen atoms in total. The smallest absolute Gasteiger partial charge is 0.226 e. The lowest BCUT2D eigenvalue weighted by Crippen LogP contribution is -2.02. The first-order chi connectivity index (χ1) is 11.3. The quantitative estimate of drug-likeness (QED) is 0.654. The molecule has 3 heteroatoms. The molecule has 0 saturated heterocycles. The van der Waals surface area contributed by atoms with E-state index < -0.39 is 0 Å². The number of benzene rings is 2. The van der Waals surface area contributed by atoms with Gasteiger partial charge in [-0.15, -0.1) is 0 Å². The molecule has 3 aromatic rings. The van der Waals surface area contributed by atoms with E-state index >= 15 is 0 Å². The number of nitrogens with zero attached hydrogens (tertiary/aromatic N) is 1. The molecule has 0 fully saturated rings. The van der Waals surface area contributed by atoms with Crippen LogP contribution in [0.15, 0.2) is 59.0 Å². The summed E-state index contributed by atoms with van der Waals surface area (Å²) in [5.74, 6) is 2.42. The van der Waals surface area contributed by atoms with Crippen LogP contribution in [0.5, 0.6) is 5.75 Å². The van der Waals surface area contributed by atoms with Gasteiger partial charge in [-0.25, -0.2) is 4.98 Å². The number of hydrogen-bond donors (Lipinski definition) is 0. The molecule has 0 atom stereocenters. The summed E-state index contributed by atoms with van der Waals surface area (Å²) in [4.78, 5) is 4.59. The lowest BCUT2D eigenvalue weighted by atomic mass is 10.2. The summed E-state index contributed by atoms with van der Waals surface area (Å²) >= 11 is 0. The van der Waals surface area contributed by atoms with Gasteiger partial charge in [0.25, 0.3) is 0 Å². The van der Waals surface area contributed by atoms with Crippen LogP contribution in [-0.2, 0) is 12.8 Å². The predicted octanol–water partition coefficient (Wildman–Crippen LogP) is 4.83. The minimum atomic E-state index is 0.590. The second-order valence-electron chi connectivity index (χ2n) is 5.48. The number of aromatic nitrogens is 1. The summed E-state index contributed by atoms with van der Waals surface area (Å²) in [7, 11) is 0. The van der Waals surface area contributed by atoms with Gasteiger partial charge in [0.05, 0.1) is 12.3 Å². The fraction of sp³-hybridized carbons (Fsp3) is 0.250. The van der Waals surface area contributed by atoms with Gasteiger partial charge >= 0.3 is 0 Å². The molecule has 0 amide bonds. The Labute approximate surface area is 136 Å². The van der Waals surface area contributed by atoms with Crippen LogP contribution in [0.4, 0.5) is 0 Å². The highest BCUT2D eigenvalue weighted by Crippen LogP contribution is 2.22. The van der Waals surface area contributed by atoms with E-state index in [1.807, 2.05) is 49.4 Å². The summed E-state index contributed by atoms with van der Waals surface area (Å²) in [6.07, 6.45) is 1.78. The lowest BCUT2D eigenvalue weighted by molar-refractivity contribution is 0.320. The summed E-state index contributed by atoms with van der Waals surface area (Å²) < 4.78 is 11.6. The fourth-order valence-corrected chi connectivity index (χ4v) is 2.45. The largest absolute Gasteiger partial charge is 0.493 e. The third-order valence-corrected chi connectivity index (χ3v) is 3.85. The first-order valence-corrected chi connectivity index (χ1v) is 7.99. The molecule has 0 saturated carbocycles. The molecular formula is C20H21NO2. The van der Waals surface area contributed by atoms with E-state index in [1.54, 1.807) is 0 Å². The molecule has 0 N–H and O–H groups in total. The molecular weight excluding hydrogens is 286 g/mol. The van der Waals surface area contributed by atoms with Crippen molar-refractivity contribution in [2.75, 3.05) is 6.61 Å². The van der Waals surface area contributed by atoms with Crippen molar-refractivity contribution < 1.29 is 9.15 Å². The Morgan fingerprint density at radius 3 is 2.43 bits per heavy atom. The van der Waals surface area contributed by atoms with Crippen LogP contribution in [0.3, 0.4) is 0 Å². The Bertz CT molecular complexity index is 745. The van der Waals surface area contributed by atoms with Crippen molar-refractivity contribution in [2.24, 2.45) is 0 Å². The Kier molecular flexibility index (Phi) is 4.77. The Balaban J connectivity index is 1.61. The summed E-state index contributed by atoms with van der Waals surface area (Å²) in [5.41, 5.74) is 3.27. The fourth-order valence-electron chi connectivity index (χ4n) is 2.45. The monoisotopic (exact) mass is 307 g/mol. The van der Waals surface area contributed by atoms with E-state index in [1.165, 1.54) is 5.56 Å². The first kappa shape index (κ1) is 15.3. The summed E-state index contributed by atoms with van der Waals surface area (Å²) in [5, 5.41) is 0. The molecule has 0 spiro atoms. The Morgan fingerprint density at radius 2 is 1.74 bits per heavy atom. The van der Waals surface area contributed by atoms with E-state index in [-0.39, 0.29) is 0 Å². The SMILES string of the molecule is CCc1ccc(OCCc2nc(-c3ccccc3)oc2C)cc1. The number of aryl methyl sites for hydroxylation is 2. The number of oxazole rings is 1. The molecule has 118 valence electrons. The van der Waals surface area contributed by atoms with Gasteiger partial charge in [0.1, 0.15) is 11.5 Å². The molecule has 1 heterocycles. The van der Waals surface area contributed by atoms with Crippen molar-refractivity contribution in [1.29, 1.82) is 0 Å². The van der Waals surface area contributed by atoms with E-state index in [2.05, 4.69) is 24.0 Å². The van der Waals surface area contributed by atoms with E-state index in [0.717, 1.165) is 35.6 Å². The van der Waals surface area contributed by atoms with Crippen molar-refractivity contribution in [3.05, 3.63) is 71.6 Å². The number of hydrogen-bond acceptors (Lipinski definition) is 3. The molecule has 2 aromatic carbocycles. The van der Waals surface area contributed by atoms with Crippen LogP contribution >= 0.6 is 0 Å². The van der Waals surface area contributed by atoms with Crippen molar-refractivity contribution in [1.82, 2.24) is 4.98 Å². The standard InChI is InChI=1S/C20H21NO2/c1-3-16-9-11-18(12-10-16)22-14-13-19-15(2)23-20(21-19)17-7-5-4-6-8-17/h4-12H,3,13-14H2,1-2H3. The Morgan fingerprint density at radius 1 is 1.00 bits per heavy atom. The minimum Gasteiger partial charge on any atom is -0.493 e. The van der Waals surface area contributed by atoms with Crippen molar-refractivity contribution in [3.8, 4) is 17.2 Å². The third-order valence-electron chi connectivity index (χ3n) is 3.85. The van der Waals surface area contributed by atoms with E-state index in [0.29, 0.717) is 12.5 Å².